The summed E-state index contributed by atoms with van der Waals surface area (Å²) in [7, 11) is 1.86. The van der Waals surface area contributed by atoms with Gasteiger partial charge < -0.3 is 5.73 Å². The third-order valence-electron chi connectivity index (χ3n) is 2.63. The Morgan fingerprint density at radius 3 is 2.88 bits per heavy atom. The van der Waals surface area contributed by atoms with Crippen LogP contribution in [-0.4, -0.2) is 20.5 Å². The molecule has 2 aromatic heterocycles. The first kappa shape index (κ1) is 11.3. The number of hydrogen-bond donors (Lipinski definition) is 1. The fourth-order valence-electron chi connectivity index (χ4n) is 1.66. The van der Waals surface area contributed by atoms with Crippen LogP contribution < -0.4 is 5.73 Å². The Labute approximate surface area is 99.3 Å². The molecule has 5 heteroatoms. The van der Waals surface area contributed by atoms with E-state index in [0.717, 1.165) is 5.69 Å². The zero-order chi connectivity index (χ0) is 12.3. The van der Waals surface area contributed by atoms with Gasteiger partial charge in [0, 0.05) is 31.6 Å². The summed E-state index contributed by atoms with van der Waals surface area (Å²) in [5.41, 5.74) is 7.51. The molecule has 0 amide bonds. The smallest absolute Gasteiger partial charge is 0.183 e. The molecule has 2 aromatic rings. The van der Waals surface area contributed by atoms with E-state index < -0.39 is 0 Å². The lowest BCUT2D eigenvalue weighted by atomic mass is 10.1. The van der Waals surface area contributed by atoms with Gasteiger partial charge in [0.1, 0.15) is 5.69 Å². The van der Waals surface area contributed by atoms with Gasteiger partial charge in [-0.15, -0.1) is 0 Å². The lowest BCUT2D eigenvalue weighted by Gasteiger charge is -2.03. The van der Waals surface area contributed by atoms with E-state index in [4.69, 9.17) is 5.73 Å². The summed E-state index contributed by atoms with van der Waals surface area (Å²) < 4.78 is 1.76. The third-order valence-corrected chi connectivity index (χ3v) is 2.63. The van der Waals surface area contributed by atoms with Crippen LogP contribution in [0.1, 0.15) is 22.6 Å². The topological polar surface area (TPSA) is 73.8 Å². The minimum atomic E-state index is -0.0377. The number of carbonyl (C=O) groups excluding carboxylic acids is 1. The average Bonchev–Trinajstić information content (AvgIpc) is 2.72. The summed E-state index contributed by atoms with van der Waals surface area (Å²) in [5, 5.41) is 4.05. The number of aryl methyl sites for hydroxylation is 2. The number of hydrogen-bond acceptors (Lipinski definition) is 4. The van der Waals surface area contributed by atoms with Crippen LogP contribution in [-0.2, 0) is 13.5 Å². The van der Waals surface area contributed by atoms with Gasteiger partial charge in [-0.2, -0.15) is 5.10 Å². The zero-order valence-electron chi connectivity index (χ0n) is 9.63. The Balaban J connectivity index is 2.04. The molecule has 0 atom stereocenters. The van der Waals surface area contributed by atoms with E-state index in [1.807, 2.05) is 13.1 Å². The predicted octanol–water partition coefficient (Wildman–Crippen LogP) is 1.21. The van der Waals surface area contributed by atoms with Gasteiger partial charge in [-0.25, -0.2) is 0 Å². The van der Waals surface area contributed by atoms with Crippen molar-refractivity contribution in [2.24, 2.45) is 7.05 Å². The highest BCUT2D eigenvalue weighted by atomic mass is 16.1. The van der Waals surface area contributed by atoms with Crippen LogP contribution in [0.2, 0.25) is 0 Å². The Kier molecular flexibility index (Phi) is 3.18. The summed E-state index contributed by atoms with van der Waals surface area (Å²) in [6, 6.07) is 5.30. The van der Waals surface area contributed by atoms with Gasteiger partial charge >= 0.3 is 0 Å². The van der Waals surface area contributed by atoms with Crippen molar-refractivity contribution in [1.82, 2.24) is 14.8 Å². The molecule has 2 heterocycles. The molecule has 5 nitrogen and oxygen atoms in total. The van der Waals surface area contributed by atoms with E-state index in [-0.39, 0.29) is 5.78 Å². The maximum atomic E-state index is 11.9. The number of Topliss-reactive ketones (excluding diaryl/α,β-unsaturated/α-hetero) is 1. The number of nitrogens with two attached hydrogens (primary N) is 1. The van der Waals surface area contributed by atoms with E-state index in [2.05, 4.69) is 10.1 Å². The molecule has 17 heavy (non-hydrogen) atoms. The fourth-order valence-corrected chi connectivity index (χ4v) is 1.66. The second kappa shape index (κ2) is 4.78. The molecule has 2 rings (SSSR count). The molecule has 0 aliphatic heterocycles. The van der Waals surface area contributed by atoms with Gasteiger partial charge in [0.2, 0.25) is 0 Å². The molecule has 0 radical (unpaired) electrons. The summed E-state index contributed by atoms with van der Waals surface area (Å²) in [4.78, 5) is 15.9. The summed E-state index contributed by atoms with van der Waals surface area (Å²) in [5.74, 6) is -0.0377. The Morgan fingerprint density at radius 2 is 2.24 bits per heavy atom. The van der Waals surface area contributed by atoms with Crippen molar-refractivity contribution in [2.45, 2.75) is 12.8 Å². The molecule has 0 aromatic carbocycles. The molecule has 0 saturated heterocycles. The standard InChI is InChI=1S/C12H14N4O/c1-16-9(6-8-15-16)4-5-11(17)12-10(13)3-2-7-14-12/h2-3,6-8H,4-5,13H2,1H3. The monoisotopic (exact) mass is 230 g/mol. The van der Waals surface area contributed by atoms with Crippen molar-refractivity contribution in [3.05, 3.63) is 42.0 Å². The molecule has 0 bridgehead atoms. The van der Waals surface area contributed by atoms with Gasteiger partial charge in [-0.05, 0) is 24.6 Å². The van der Waals surface area contributed by atoms with E-state index >= 15 is 0 Å². The Morgan fingerprint density at radius 1 is 1.41 bits per heavy atom. The molecule has 2 N–H and O–H groups in total. The van der Waals surface area contributed by atoms with Gasteiger partial charge in [0.15, 0.2) is 5.78 Å². The van der Waals surface area contributed by atoms with Crippen LogP contribution in [0.25, 0.3) is 0 Å². The van der Waals surface area contributed by atoms with Crippen LogP contribution in [0.3, 0.4) is 0 Å². The minimum absolute atomic E-state index is 0.0377. The zero-order valence-corrected chi connectivity index (χ0v) is 9.63. The molecule has 88 valence electrons. The molecular weight excluding hydrogens is 216 g/mol. The molecule has 0 spiro atoms. The minimum Gasteiger partial charge on any atom is -0.397 e. The largest absolute Gasteiger partial charge is 0.397 e. The molecule has 0 unspecified atom stereocenters. The number of ketones is 1. The molecule has 0 saturated carbocycles. The van der Waals surface area contributed by atoms with E-state index in [9.17, 15) is 4.79 Å². The fraction of sp³-hybridized carbons (Fsp3) is 0.250. The Bertz CT molecular complexity index is 533. The van der Waals surface area contributed by atoms with E-state index in [0.29, 0.717) is 24.2 Å². The molecule has 0 aliphatic carbocycles. The highest BCUT2D eigenvalue weighted by molar-refractivity contribution is 5.98. The van der Waals surface area contributed by atoms with Gasteiger partial charge in [-0.1, -0.05) is 0 Å². The maximum absolute atomic E-state index is 11.9. The number of carbonyl (C=O) groups is 1. The van der Waals surface area contributed by atoms with Crippen LogP contribution in [0.4, 0.5) is 5.69 Å². The highest BCUT2D eigenvalue weighted by Gasteiger charge is 2.11. The summed E-state index contributed by atoms with van der Waals surface area (Å²) >= 11 is 0. The Hall–Kier alpha value is -2.17. The first-order chi connectivity index (χ1) is 8.18. The number of rotatable bonds is 4. The molecule has 0 aliphatic rings. The van der Waals surface area contributed by atoms with Crippen molar-refractivity contribution >= 4 is 11.5 Å². The van der Waals surface area contributed by atoms with E-state index in [1.165, 1.54) is 0 Å². The second-order valence-corrected chi connectivity index (χ2v) is 3.81. The summed E-state index contributed by atoms with van der Waals surface area (Å²) in [6.45, 7) is 0. The van der Waals surface area contributed by atoms with Crippen molar-refractivity contribution in [2.75, 3.05) is 5.73 Å². The maximum Gasteiger partial charge on any atom is 0.183 e. The van der Waals surface area contributed by atoms with E-state index in [1.54, 1.807) is 29.2 Å². The average molecular weight is 230 g/mol. The normalized spacial score (nSPS) is 10.4. The second-order valence-electron chi connectivity index (χ2n) is 3.81. The first-order valence-electron chi connectivity index (χ1n) is 5.39. The van der Waals surface area contributed by atoms with Crippen LogP contribution in [0.15, 0.2) is 30.6 Å². The number of aromatic nitrogens is 3. The first-order valence-corrected chi connectivity index (χ1v) is 5.39. The quantitative estimate of drug-likeness (QED) is 0.801. The van der Waals surface area contributed by atoms with Crippen LogP contribution in [0.5, 0.6) is 0 Å². The van der Waals surface area contributed by atoms with Crippen LogP contribution in [0, 0.1) is 0 Å². The number of nitrogen functional groups attached to an aromatic ring is 1. The predicted molar refractivity (Wildman–Crippen MR) is 64.5 cm³/mol. The number of pyridine rings is 1. The highest BCUT2D eigenvalue weighted by Crippen LogP contribution is 2.11. The lowest BCUT2D eigenvalue weighted by Crippen LogP contribution is -2.08. The third kappa shape index (κ3) is 2.50. The number of anilines is 1. The number of nitrogens with zero attached hydrogens (tertiary/aromatic N) is 3. The van der Waals surface area contributed by atoms with Gasteiger partial charge in [0.05, 0.1) is 5.69 Å². The van der Waals surface area contributed by atoms with Gasteiger partial charge in [-0.3, -0.25) is 14.5 Å². The molecule has 0 fully saturated rings. The SMILES string of the molecule is Cn1nccc1CCC(=O)c1ncccc1N. The van der Waals surface area contributed by atoms with Crippen molar-refractivity contribution in [3.63, 3.8) is 0 Å². The lowest BCUT2D eigenvalue weighted by molar-refractivity contribution is 0.0978. The van der Waals surface area contributed by atoms with Crippen molar-refractivity contribution in [3.8, 4) is 0 Å². The van der Waals surface area contributed by atoms with Gasteiger partial charge in [0.25, 0.3) is 0 Å². The van der Waals surface area contributed by atoms with Crippen molar-refractivity contribution in [1.29, 1.82) is 0 Å². The van der Waals surface area contributed by atoms with Crippen LogP contribution >= 0.6 is 0 Å². The summed E-state index contributed by atoms with van der Waals surface area (Å²) in [6.07, 6.45) is 4.33. The van der Waals surface area contributed by atoms with Crippen molar-refractivity contribution < 1.29 is 4.79 Å². The molecular formula is C12H14N4O.